The van der Waals surface area contributed by atoms with Crippen LogP contribution in [0.4, 0.5) is 0 Å². The van der Waals surface area contributed by atoms with Crippen molar-refractivity contribution in [2.45, 2.75) is 145 Å². The van der Waals surface area contributed by atoms with Crippen molar-refractivity contribution in [2.75, 3.05) is 11.5 Å². The fourth-order valence-electron chi connectivity index (χ4n) is 8.92. The largest absolute Gasteiger partial charge is 0.508 e. The Balaban J connectivity index is 1.53. The third-order valence-electron chi connectivity index (χ3n) is 14.4. The van der Waals surface area contributed by atoms with E-state index in [1.807, 2.05) is 0 Å². The molecule has 12 atom stereocenters. The molecule has 1 heterocycles. The van der Waals surface area contributed by atoms with Crippen molar-refractivity contribution in [2.24, 2.45) is 11.7 Å². The Labute approximate surface area is 538 Å². The number of nitrogens with two attached hydrogens (primary N) is 1. The summed E-state index contributed by atoms with van der Waals surface area (Å²) in [5.41, 5.74) is 7.73. The van der Waals surface area contributed by atoms with Crippen molar-refractivity contribution in [1.82, 2.24) is 57.8 Å². The molecule has 0 bridgehead atoms. The van der Waals surface area contributed by atoms with Gasteiger partial charge in [-0.2, -0.15) is 25.3 Å². The molecule has 92 heavy (non-hydrogen) atoms. The smallest absolute Gasteiger partial charge is 0.326 e. The summed E-state index contributed by atoms with van der Waals surface area (Å²) in [6, 6.07) is 0.738. The van der Waals surface area contributed by atoms with Gasteiger partial charge in [0, 0.05) is 55.5 Å². The van der Waals surface area contributed by atoms with Crippen LogP contribution in [0.2, 0.25) is 0 Å². The van der Waals surface area contributed by atoms with E-state index in [1.54, 1.807) is 13.8 Å². The van der Waals surface area contributed by atoms with Crippen LogP contribution in [0, 0.1) is 5.92 Å². The molecule has 9 amide bonds. The van der Waals surface area contributed by atoms with Gasteiger partial charge < -0.3 is 94.3 Å². The first kappa shape index (κ1) is 75.0. The number of phenols is 3. The number of thiol groups is 2. The van der Waals surface area contributed by atoms with Crippen molar-refractivity contribution in [1.29, 1.82) is 0 Å². The SMILES string of the molecule is CC[C@H](C)[C@H](NC(=O)[C@H](CCC(=O)O)NC(=O)[C@H](CS)NC(=O)[C@@H](NC(=O)[C@H](Cc1ccc(O)cc1)NC(=O)[C@H](CS)NC(=O)[C@H](Cc1cnc[nH]1)NC(=O)[C@H](CCC(=O)O)NC(=O)[C@@H](N)Cc1ccc(O)cc1)[C@@H](C)O)C(=O)N[C@H](Cc1ccc(O)cc1)C(=O)O. The van der Waals surface area contributed by atoms with E-state index < -0.39 is 181 Å². The molecule has 0 saturated carbocycles. The number of hydrogen-bond donors (Lipinski definition) is 20. The van der Waals surface area contributed by atoms with Gasteiger partial charge in [0.15, 0.2) is 0 Å². The Morgan fingerprint density at radius 1 is 0.467 bits per heavy atom. The zero-order valence-corrected chi connectivity index (χ0v) is 52.0. The van der Waals surface area contributed by atoms with Crippen LogP contribution >= 0.6 is 25.3 Å². The van der Waals surface area contributed by atoms with Crippen LogP contribution < -0.4 is 53.6 Å². The molecule has 0 saturated heterocycles. The number of hydrogen-bond acceptors (Lipinski definition) is 20. The lowest BCUT2D eigenvalue weighted by Gasteiger charge is -2.29. The number of imidazole rings is 1. The molecule has 0 aliphatic rings. The minimum absolute atomic E-state index is 0.0384. The monoisotopic (exact) mass is 1320 g/mol. The van der Waals surface area contributed by atoms with E-state index in [4.69, 9.17) is 5.73 Å². The fourth-order valence-corrected chi connectivity index (χ4v) is 9.43. The molecule has 19 N–H and O–H groups in total. The van der Waals surface area contributed by atoms with Gasteiger partial charge in [0.05, 0.1) is 18.5 Å². The average Bonchev–Trinajstić information content (AvgIpc) is 1.46. The summed E-state index contributed by atoms with van der Waals surface area (Å²) >= 11 is 8.44. The summed E-state index contributed by atoms with van der Waals surface area (Å²) in [5, 5.41) is 91.0. The van der Waals surface area contributed by atoms with Crippen LogP contribution in [0.1, 0.15) is 75.3 Å². The molecule has 0 fully saturated rings. The average molecular weight is 1320 g/mol. The highest BCUT2D eigenvalue weighted by atomic mass is 32.1. The van der Waals surface area contributed by atoms with Crippen LogP contribution in [0.3, 0.4) is 0 Å². The lowest BCUT2D eigenvalue weighted by atomic mass is 9.96. The highest BCUT2D eigenvalue weighted by Crippen LogP contribution is 2.17. The Kier molecular flexibility index (Phi) is 30.2. The number of carbonyl (C=O) groups excluding carboxylic acids is 9. The molecule has 500 valence electrons. The lowest BCUT2D eigenvalue weighted by molar-refractivity contribution is -0.142. The van der Waals surface area contributed by atoms with Crippen LogP contribution in [-0.2, 0) is 83.2 Å². The van der Waals surface area contributed by atoms with Crippen LogP contribution in [0.25, 0.3) is 0 Å². The van der Waals surface area contributed by atoms with E-state index in [2.05, 4.69) is 83.1 Å². The second-order valence-electron chi connectivity index (χ2n) is 21.6. The molecule has 4 rings (SSSR count). The van der Waals surface area contributed by atoms with Crippen molar-refractivity contribution in [3.63, 3.8) is 0 Å². The maximum absolute atomic E-state index is 14.4. The molecule has 1 aromatic heterocycles. The number of rotatable bonds is 38. The molecular formula is C59H78N12O19S2. The number of aromatic amines is 1. The topological polar surface area (TPSA) is 509 Å². The molecule has 4 aromatic rings. The van der Waals surface area contributed by atoms with Crippen molar-refractivity contribution < 1.29 is 93.3 Å². The summed E-state index contributed by atoms with van der Waals surface area (Å²) < 4.78 is 0. The number of aromatic hydroxyl groups is 3. The number of phenolic OH excluding ortho intramolecular Hbond substituents is 3. The van der Waals surface area contributed by atoms with E-state index in [0.29, 0.717) is 22.4 Å². The van der Waals surface area contributed by atoms with E-state index in [0.717, 1.165) is 6.92 Å². The normalized spacial score (nSPS) is 15.0. The first-order valence-electron chi connectivity index (χ1n) is 28.9. The predicted molar refractivity (Wildman–Crippen MR) is 333 cm³/mol. The fraction of sp³-hybridized carbons (Fsp3) is 0.441. The van der Waals surface area contributed by atoms with E-state index in [-0.39, 0.29) is 49.4 Å². The number of amides is 9. The number of H-pyrrole nitrogens is 1. The number of benzene rings is 3. The van der Waals surface area contributed by atoms with E-state index >= 15 is 0 Å². The van der Waals surface area contributed by atoms with Gasteiger partial charge in [0.2, 0.25) is 53.2 Å². The number of nitrogens with one attached hydrogen (secondary N) is 10. The van der Waals surface area contributed by atoms with Gasteiger partial charge in [-0.05, 0) is 85.2 Å². The van der Waals surface area contributed by atoms with Gasteiger partial charge in [-0.3, -0.25) is 52.7 Å². The zero-order chi connectivity index (χ0) is 68.4. The molecular weight excluding hydrogens is 1240 g/mol. The number of nitrogens with zero attached hydrogens (tertiary/aromatic N) is 1. The van der Waals surface area contributed by atoms with E-state index in [1.165, 1.54) is 85.3 Å². The number of carboxylic acids is 3. The van der Waals surface area contributed by atoms with Gasteiger partial charge in [0.1, 0.15) is 71.6 Å². The molecule has 31 nitrogen and oxygen atoms in total. The predicted octanol–water partition coefficient (Wildman–Crippen LogP) is -2.41. The molecule has 0 unspecified atom stereocenters. The molecule has 0 spiro atoms. The molecule has 0 radical (unpaired) electrons. The highest BCUT2D eigenvalue weighted by molar-refractivity contribution is 7.80. The van der Waals surface area contributed by atoms with Crippen LogP contribution in [0.5, 0.6) is 17.2 Å². The maximum atomic E-state index is 14.4. The Bertz CT molecular complexity index is 3180. The van der Waals surface area contributed by atoms with Crippen molar-refractivity contribution in [3.8, 4) is 17.2 Å². The standard InChI is InChI=1S/C59H78N12O19S2/c1-4-29(2)48(57(87)67-43(59(89)90)23-33-9-15-37(75)16-10-33)70-52(82)40(18-20-47(78)79)64-55(85)45(27-92)69-58(88)49(30(3)72)71-54(84)41(22-32-7-13-36(74)14-8-32)65-56(86)44(26-91)68-53(83)42(24-34-25-61-28-62-34)66-51(81)39(17-19-46(76)77)63-50(80)38(60)21-31-5-11-35(73)12-6-31/h5-16,25,28-30,38-45,48-49,72-75,91-92H,4,17-24,26-27,60H2,1-3H3,(H,61,62)(H,63,80)(H,64,85)(H,65,86)(H,66,81)(H,67,87)(H,68,83)(H,69,88)(H,70,82)(H,71,84)(H,76,77)(H,78,79)(H,89,90)/t29-,30+,38-,39-,40-,41-,42-,43+,44-,45-,48-,49-/m0/s1. The molecule has 3 aromatic carbocycles. The Morgan fingerprint density at radius 2 is 0.815 bits per heavy atom. The number of aromatic nitrogens is 2. The minimum atomic E-state index is -1.92. The summed E-state index contributed by atoms with van der Waals surface area (Å²) in [6.07, 6.45) is -2.18. The quantitative estimate of drug-likeness (QED) is 0.0208. The third kappa shape index (κ3) is 24.7. The van der Waals surface area contributed by atoms with Gasteiger partial charge in [-0.1, -0.05) is 56.7 Å². The van der Waals surface area contributed by atoms with Gasteiger partial charge in [-0.15, -0.1) is 0 Å². The Hall–Kier alpha value is -9.47. The second-order valence-corrected chi connectivity index (χ2v) is 22.3. The number of aliphatic carboxylic acids is 3. The second kappa shape index (κ2) is 37.0. The minimum Gasteiger partial charge on any atom is -0.508 e. The molecule has 0 aliphatic carbocycles. The lowest BCUT2D eigenvalue weighted by Crippen LogP contribution is -2.63. The summed E-state index contributed by atoms with van der Waals surface area (Å²) in [5.74, 6) is -15.5. The number of carboxylic acid groups (broad SMARTS) is 3. The highest BCUT2D eigenvalue weighted by Gasteiger charge is 2.38. The third-order valence-corrected chi connectivity index (χ3v) is 15.1. The first-order valence-corrected chi connectivity index (χ1v) is 30.1. The summed E-state index contributed by atoms with van der Waals surface area (Å²) in [7, 11) is 0. The number of aliphatic hydroxyl groups is 1. The maximum Gasteiger partial charge on any atom is 0.326 e. The van der Waals surface area contributed by atoms with Crippen LogP contribution in [-0.4, -0.2) is 195 Å². The van der Waals surface area contributed by atoms with Crippen molar-refractivity contribution >= 4 is 96.3 Å². The van der Waals surface area contributed by atoms with Crippen molar-refractivity contribution in [3.05, 3.63) is 108 Å². The molecule has 33 heteroatoms. The van der Waals surface area contributed by atoms with Gasteiger partial charge in [-0.25, -0.2) is 9.78 Å². The molecule has 0 aliphatic heterocycles. The summed E-state index contributed by atoms with van der Waals surface area (Å²) in [4.78, 5) is 168. The summed E-state index contributed by atoms with van der Waals surface area (Å²) in [6.45, 7) is 4.34. The van der Waals surface area contributed by atoms with E-state index in [9.17, 15) is 93.3 Å². The van der Waals surface area contributed by atoms with Crippen LogP contribution in [0.15, 0.2) is 85.3 Å². The zero-order valence-electron chi connectivity index (χ0n) is 50.2. The Morgan fingerprint density at radius 3 is 1.24 bits per heavy atom. The number of aliphatic hydroxyl groups excluding tert-OH is 1. The number of carbonyl (C=O) groups is 12. The van der Waals surface area contributed by atoms with Gasteiger partial charge >= 0.3 is 17.9 Å². The first-order chi connectivity index (χ1) is 43.5. The van der Waals surface area contributed by atoms with Gasteiger partial charge in [0.25, 0.3) is 0 Å².